The van der Waals surface area contributed by atoms with Gasteiger partial charge in [0.2, 0.25) is 0 Å². The highest BCUT2D eigenvalue weighted by Crippen LogP contribution is 2.62. The van der Waals surface area contributed by atoms with Crippen molar-refractivity contribution in [1.82, 2.24) is 0 Å². The van der Waals surface area contributed by atoms with E-state index in [4.69, 9.17) is 0 Å². The first-order valence-electron chi connectivity index (χ1n) is 8.69. The zero-order valence-corrected chi connectivity index (χ0v) is 17.6. The second-order valence-corrected chi connectivity index (χ2v) is 6.94. The average Bonchev–Trinajstić information content (AvgIpc) is 2.72. The molecule has 0 bridgehead atoms. The maximum Gasteiger partial charge on any atom is 0.518 e. The first-order valence-corrected chi connectivity index (χ1v) is 8.69. The van der Waals surface area contributed by atoms with Gasteiger partial charge in [0.1, 0.15) is 11.3 Å². The molecule has 0 aliphatic heterocycles. The summed E-state index contributed by atoms with van der Waals surface area (Å²) in [4.78, 5) is 30.2. The Balaban J connectivity index is 3.46. The fourth-order valence-corrected chi connectivity index (χ4v) is 2.34. The molecule has 0 spiro atoms. The molecule has 0 heterocycles. The van der Waals surface area contributed by atoms with Crippen molar-refractivity contribution in [2.75, 3.05) is 0 Å². The molecule has 0 saturated heterocycles. The van der Waals surface area contributed by atoms with Gasteiger partial charge in [-0.1, -0.05) is 0 Å². The number of nitro benzene ring substituents is 2. The normalized spacial score (nSPS) is 14.2. The van der Waals surface area contributed by atoms with Crippen LogP contribution in [0.3, 0.4) is 0 Å². The minimum atomic E-state index is -8.64. The quantitative estimate of drug-likeness (QED) is 0.101. The number of alkyl halides is 15. The van der Waals surface area contributed by atoms with Crippen molar-refractivity contribution < 1.29 is 90.0 Å². The number of ether oxygens (including phenoxy) is 2. The third-order valence-corrected chi connectivity index (χ3v) is 4.43. The van der Waals surface area contributed by atoms with Crippen LogP contribution in [-0.2, 0) is 4.74 Å². The molecule has 1 rings (SSSR count). The van der Waals surface area contributed by atoms with Crippen molar-refractivity contribution in [2.45, 2.75) is 48.8 Å². The Kier molecular flexibility index (Phi) is 8.07. The first kappa shape index (κ1) is 33.3. The second-order valence-electron chi connectivity index (χ2n) is 6.94. The van der Waals surface area contributed by atoms with Gasteiger partial charge in [-0.2, -0.15) is 65.9 Å². The molecule has 0 aliphatic carbocycles. The lowest BCUT2D eigenvalue weighted by Crippen LogP contribution is -2.73. The molecule has 1 aromatic rings. The van der Waals surface area contributed by atoms with Gasteiger partial charge in [-0.05, 0) is 6.92 Å². The molecular weight excluding hydrogens is 605 g/mol. The fourth-order valence-electron chi connectivity index (χ4n) is 2.34. The molecule has 1 aromatic carbocycles. The summed E-state index contributed by atoms with van der Waals surface area (Å²) in [5.74, 6) is -43.7. The summed E-state index contributed by atoms with van der Waals surface area (Å²) in [5.41, 5.74) is -3.42. The van der Waals surface area contributed by atoms with Crippen LogP contribution in [0.5, 0.6) is 5.75 Å². The fraction of sp³-hybridized carbons (Fsp3) is 0.533. The minimum Gasteiger partial charge on any atom is -0.394 e. The summed E-state index contributed by atoms with van der Waals surface area (Å²) in [6.07, 6.45) is -18.7. The van der Waals surface area contributed by atoms with Crippen molar-refractivity contribution in [3.63, 3.8) is 0 Å². The SMILES string of the molecule is Cc1c([N+](=O)[O-])cc(OC(=O)OC(F)(F)C(F)(F)C(F)(F)C(F)(F)C(F)(F)C(F)(F)C(F)(F)F)cc1[N+](=O)[O-]. The number of rotatable bonds is 9. The number of hydrogen-bond donors (Lipinski definition) is 0. The Labute approximate surface area is 201 Å². The van der Waals surface area contributed by atoms with E-state index < -0.39 is 80.6 Å². The molecule has 0 fully saturated rings. The van der Waals surface area contributed by atoms with Crippen LogP contribution < -0.4 is 4.74 Å². The van der Waals surface area contributed by atoms with Gasteiger partial charge >= 0.3 is 48.1 Å². The predicted octanol–water partition coefficient (Wildman–Crippen LogP) is 6.66. The van der Waals surface area contributed by atoms with E-state index in [1.807, 2.05) is 0 Å². The van der Waals surface area contributed by atoms with Crippen molar-refractivity contribution in [2.24, 2.45) is 0 Å². The lowest BCUT2D eigenvalue weighted by atomic mass is 9.93. The number of hydrogen-bond acceptors (Lipinski definition) is 7. The Morgan fingerprint density at radius 3 is 1.33 bits per heavy atom. The molecule has 9 nitrogen and oxygen atoms in total. The lowest BCUT2D eigenvalue weighted by molar-refractivity contribution is -0.467. The Bertz CT molecular complexity index is 1130. The third kappa shape index (κ3) is 5.14. The van der Waals surface area contributed by atoms with Crippen molar-refractivity contribution in [3.05, 3.63) is 37.9 Å². The number of halogens is 15. The zero-order valence-electron chi connectivity index (χ0n) is 17.6. The summed E-state index contributed by atoms with van der Waals surface area (Å²) >= 11 is 0. The number of nitro groups is 2. The van der Waals surface area contributed by atoms with Gasteiger partial charge in [0.15, 0.2) is 0 Å². The summed E-state index contributed by atoms with van der Waals surface area (Å²) in [6, 6.07) is 0.00478. The van der Waals surface area contributed by atoms with E-state index in [-0.39, 0.29) is 12.1 Å². The van der Waals surface area contributed by atoms with Crippen LogP contribution in [0.1, 0.15) is 5.56 Å². The highest BCUT2D eigenvalue weighted by Gasteiger charge is 2.94. The standard InChI is InChI=1S/C15H5F15N2O7/c1-4-6(31(34)35)2-5(3-7(4)32(36)37)38-8(33)39-15(29,30)13(24,25)11(20,21)9(16,17)10(18,19)12(22,23)14(26,27)28/h2-3H,1H3. The average molecular weight is 610 g/mol. The third-order valence-electron chi connectivity index (χ3n) is 4.43. The molecule has 0 aromatic heterocycles. The van der Waals surface area contributed by atoms with Crippen LogP contribution in [0.15, 0.2) is 12.1 Å². The van der Waals surface area contributed by atoms with Gasteiger partial charge in [0.05, 0.1) is 22.0 Å². The van der Waals surface area contributed by atoms with Crippen LogP contribution in [0.25, 0.3) is 0 Å². The molecule has 222 valence electrons. The molecule has 0 amide bonds. The maximum atomic E-state index is 13.6. The van der Waals surface area contributed by atoms with Gasteiger partial charge in [0.25, 0.3) is 11.4 Å². The van der Waals surface area contributed by atoms with Crippen LogP contribution in [0, 0.1) is 27.2 Å². The Hall–Kier alpha value is -3.76. The van der Waals surface area contributed by atoms with Crippen molar-refractivity contribution in [3.8, 4) is 5.75 Å². The van der Waals surface area contributed by atoms with Crippen molar-refractivity contribution >= 4 is 17.5 Å². The zero-order chi connectivity index (χ0) is 31.4. The highest BCUT2D eigenvalue weighted by atomic mass is 19.4. The van der Waals surface area contributed by atoms with Gasteiger partial charge in [-0.15, -0.1) is 0 Å². The molecular formula is C15H5F15N2O7. The molecule has 24 heteroatoms. The van der Waals surface area contributed by atoms with E-state index in [0.717, 1.165) is 0 Å². The molecule has 0 N–H and O–H groups in total. The molecule has 0 unspecified atom stereocenters. The van der Waals surface area contributed by atoms with E-state index in [1.54, 1.807) is 0 Å². The van der Waals surface area contributed by atoms with Gasteiger partial charge < -0.3 is 9.47 Å². The highest BCUT2D eigenvalue weighted by molar-refractivity contribution is 5.67. The van der Waals surface area contributed by atoms with Crippen LogP contribution >= 0.6 is 0 Å². The molecule has 0 radical (unpaired) electrons. The van der Waals surface area contributed by atoms with E-state index in [0.29, 0.717) is 6.92 Å². The second kappa shape index (κ2) is 9.46. The molecule has 39 heavy (non-hydrogen) atoms. The number of benzene rings is 1. The van der Waals surface area contributed by atoms with Gasteiger partial charge in [0, 0.05) is 0 Å². The van der Waals surface area contributed by atoms with E-state index in [1.165, 1.54) is 0 Å². The molecule has 0 atom stereocenters. The first-order chi connectivity index (χ1) is 17.0. The lowest BCUT2D eigenvalue weighted by Gasteiger charge is -2.40. The van der Waals surface area contributed by atoms with Crippen molar-refractivity contribution in [1.29, 1.82) is 0 Å². The van der Waals surface area contributed by atoms with Gasteiger partial charge in [-0.3, -0.25) is 20.2 Å². The predicted molar refractivity (Wildman–Crippen MR) is 87.3 cm³/mol. The minimum absolute atomic E-state index is 0.00239. The topological polar surface area (TPSA) is 122 Å². The summed E-state index contributed by atoms with van der Waals surface area (Å²) < 4.78 is 202. The monoisotopic (exact) mass is 610 g/mol. The Morgan fingerprint density at radius 1 is 0.667 bits per heavy atom. The van der Waals surface area contributed by atoms with E-state index >= 15 is 0 Å². The maximum absolute atomic E-state index is 13.6. The van der Waals surface area contributed by atoms with E-state index in [9.17, 15) is 90.9 Å². The largest absolute Gasteiger partial charge is 0.518 e. The number of nitrogens with zero attached hydrogens (tertiary/aromatic N) is 2. The summed E-state index contributed by atoms with van der Waals surface area (Å²) in [6.45, 7) is 0.716. The molecule has 0 saturated carbocycles. The number of carbonyl (C=O) groups excluding carboxylic acids is 1. The van der Waals surface area contributed by atoms with E-state index in [2.05, 4.69) is 9.47 Å². The molecule has 0 aliphatic rings. The van der Waals surface area contributed by atoms with Crippen LogP contribution in [0.4, 0.5) is 82.0 Å². The van der Waals surface area contributed by atoms with Gasteiger partial charge in [-0.25, -0.2) is 4.79 Å². The Morgan fingerprint density at radius 2 is 1.00 bits per heavy atom. The summed E-state index contributed by atoms with van der Waals surface area (Å²) in [7, 11) is 0. The van der Waals surface area contributed by atoms with Crippen LogP contribution in [0.2, 0.25) is 0 Å². The summed E-state index contributed by atoms with van der Waals surface area (Å²) in [5, 5.41) is 21.7. The smallest absolute Gasteiger partial charge is 0.394 e. The van der Waals surface area contributed by atoms with Crippen LogP contribution in [-0.4, -0.2) is 57.9 Å². The number of carbonyl (C=O) groups is 1.